The summed E-state index contributed by atoms with van der Waals surface area (Å²) in [5.74, 6) is 0.473. The molecule has 0 fully saturated rings. The highest BCUT2D eigenvalue weighted by Crippen LogP contribution is 2.28. The zero-order valence-electron chi connectivity index (χ0n) is 8.57. The Morgan fingerprint density at radius 3 is 2.79 bits per heavy atom. The van der Waals surface area contributed by atoms with E-state index in [4.69, 9.17) is 4.42 Å². The van der Waals surface area contributed by atoms with Gasteiger partial charge in [0.25, 0.3) is 5.22 Å². The van der Waals surface area contributed by atoms with Gasteiger partial charge in [-0.05, 0) is 23.8 Å². The first-order chi connectivity index (χ1) is 6.72. The van der Waals surface area contributed by atoms with Gasteiger partial charge in [0.1, 0.15) is 5.52 Å². The van der Waals surface area contributed by atoms with E-state index in [1.165, 1.54) is 17.3 Å². The molecule has 0 amide bonds. The molecule has 0 saturated carbocycles. The number of benzene rings is 1. The van der Waals surface area contributed by atoms with E-state index >= 15 is 0 Å². The Morgan fingerprint density at radius 1 is 1.36 bits per heavy atom. The molecule has 1 aromatic heterocycles. The summed E-state index contributed by atoms with van der Waals surface area (Å²) in [6.07, 6.45) is 1.97. The van der Waals surface area contributed by atoms with Crippen LogP contribution in [0.15, 0.2) is 27.8 Å². The van der Waals surface area contributed by atoms with Crippen LogP contribution < -0.4 is 0 Å². The molecule has 2 rings (SSSR count). The lowest BCUT2D eigenvalue weighted by Gasteiger charge is -2.03. The van der Waals surface area contributed by atoms with Crippen LogP contribution in [0.25, 0.3) is 11.1 Å². The Kier molecular flexibility index (Phi) is 2.50. The SMILES string of the molecule is CSc1nc2cccc(C(C)C)c2o1. The number of aromatic nitrogens is 1. The highest BCUT2D eigenvalue weighted by molar-refractivity contribution is 7.98. The van der Waals surface area contributed by atoms with Gasteiger partial charge < -0.3 is 4.42 Å². The molecule has 1 aromatic carbocycles. The second-order valence-corrected chi connectivity index (χ2v) is 4.29. The third-order valence-corrected chi connectivity index (χ3v) is 2.75. The van der Waals surface area contributed by atoms with Crippen molar-refractivity contribution < 1.29 is 4.42 Å². The van der Waals surface area contributed by atoms with Crippen molar-refractivity contribution in [2.45, 2.75) is 25.0 Å². The summed E-state index contributed by atoms with van der Waals surface area (Å²) in [7, 11) is 0. The van der Waals surface area contributed by atoms with Gasteiger partial charge in [-0.15, -0.1) is 0 Å². The molecule has 0 atom stereocenters. The van der Waals surface area contributed by atoms with Crippen LogP contribution in [0, 0.1) is 0 Å². The first kappa shape index (κ1) is 9.59. The van der Waals surface area contributed by atoms with Gasteiger partial charge in [0.2, 0.25) is 0 Å². The molecule has 1 heterocycles. The number of nitrogens with zero attached hydrogens (tertiary/aromatic N) is 1. The summed E-state index contributed by atoms with van der Waals surface area (Å²) in [6.45, 7) is 4.33. The van der Waals surface area contributed by atoms with Crippen LogP contribution >= 0.6 is 11.8 Å². The molecule has 0 aliphatic heterocycles. The summed E-state index contributed by atoms with van der Waals surface area (Å²) in [5, 5.41) is 0.744. The molecule has 0 unspecified atom stereocenters. The van der Waals surface area contributed by atoms with Crippen molar-refractivity contribution in [1.29, 1.82) is 0 Å². The van der Waals surface area contributed by atoms with E-state index in [-0.39, 0.29) is 0 Å². The summed E-state index contributed by atoms with van der Waals surface area (Å²) in [6, 6.07) is 6.12. The molecular formula is C11H13NOS. The van der Waals surface area contributed by atoms with E-state index in [0.717, 1.165) is 16.3 Å². The molecule has 0 aliphatic rings. The minimum atomic E-state index is 0.473. The summed E-state index contributed by atoms with van der Waals surface area (Å²) >= 11 is 1.54. The predicted octanol–water partition coefficient (Wildman–Crippen LogP) is 3.67. The fourth-order valence-corrected chi connectivity index (χ4v) is 1.85. The van der Waals surface area contributed by atoms with Gasteiger partial charge in [-0.3, -0.25) is 0 Å². The average Bonchev–Trinajstić information content (AvgIpc) is 2.59. The predicted molar refractivity (Wildman–Crippen MR) is 59.9 cm³/mol. The molecule has 0 radical (unpaired) electrons. The van der Waals surface area contributed by atoms with Crippen LogP contribution in [0.3, 0.4) is 0 Å². The molecule has 0 saturated heterocycles. The van der Waals surface area contributed by atoms with Gasteiger partial charge in [-0.2, -0.15) is 0 Å². The van der Waals surface area contributed by atoms with Crippen molar-refractivity contribution in [2.75, 3.05) is 6.26 Å². The maximum atomic E-state index is 5.66. The van der Waals surface area contributed by atoms with E-state index in [1.807, 2.05) is 18.4 Å². The quantitative estimate of drug-likeness (QED) is 0.703. The lowest BCUT2D eigenvalue weighted by molar-refractivity contribution is 0.486. The molecule has 0 N–H and O–H groups in total. The summed E-state index contributed by atoms with van der Waals surface area (Å²) in [5.41, 5.74) is 3.13. The third-order valence-electron chi connectivity index (χ3n) is 2.22. The molecule has 74 valence electrons. The minimum absolute atomic E-state index is 0.473. The van der Waals surface area contributed by atoms with Gasteiger partial charge in [0.15, 0.2) is 5.58 Å². The maximum Gasteiger partial charge on any atom is 0.256 e. The topological polar surface area (TPSA) is 26.0 Å². The second-order valence-electron chi connectivity index (χ2n) is 3.53. The molecule has 2 aromatic rings. The largest absolute Gasteiger partial charge is 0.431 e. The molecule has 0 spiro atoms. The number of hydrogen-bond acceptors (Lipinski definition) is 3. The Morgan fingerprint density at radius 2 is 2.14 bits per heavy atom. The van der Waals surface area contributed by atoms with E-state index in [2.05, 4.69) is 24.9 Å². The van der Waals surface area contributed by atoms with Crippen molar-refractivity contribution in [1.82, 2.24) is 4.98 Å². The standard InChI is InChI=1S/C11H13NOS/c1-7(2)8-5-4-6-9-10(8)13-11(12-9)14-3/h4-7H,1-3H3. The van der Waals surface area contributed by atoms with Gasteiger partial charge >= 0.3 is 0 Å². The van der Waals surface area contributed by atoms with Crippen molar-refractivity contribution in [3.8, 4) is 0 Å². The monoisotopic (exact) mass is 207 g/mol. The van der Waals surface area contributed by atoms with Crippen LogP contribution in [-0.2, 0) is 0 Å². The molecule has 0 aliphatic carbocycles. The van der Waals surface area contributed by atoms with Crippen molar-refractivity contribution >= 4 is 22.9 Å². The average molecular weight is 207 g/mol. The van der Waals surface area contributed by atoms with Gasteiger partial charge in [0.05, 0.1) is 0 Å². The number of para-hydroxylation sites is 1. The Hall–Kier alpha value is -0.960. The van der Waals surface area contributed by atoms with Crippen LogP contribution in [0.4, 0.5) is 0 Å². The van der Waals surface area contributed by atoms with E-state index in [9.17, 15) is 0 Å². The van der Waals surface area contributed by atoms with E-state index in [0.29, 0.717) is 5.92 Å². The van der Waals surface area contributed by atoms with Gasteiger partial charge in [-0.25, -0.2) is 4.98 Å². The van der Waals surface area contributed by atoms with Crippen molar-refractivity contribution in [3.05, 3.63) is 23.8 Å². The van der Waals surface area contributed by atoms with Gasteiger partial charge in [-0.1, -0.05) is 37.7 Å². The van der Waals surface area contributed by atoms with Crippen LogP contribution in [0.1, 0.15) is 25.3 Å². The van der Waals surface area contributed by atoms with Crippen molar-refractivity contribution in [3.63, 3.8) is 0 Å². The third kappa shape index (κ3) is 1.52. The summed E-state index contributed by atoms with van der Waals surface area (Å²) < 4.78 is 5.66. The minimum Gasteiger partial charge on any atom is -0.431 e. The smallest absolute Gasteiger partial charge is 0.256 e. The molecule has 3 heteroatoms. The maximum absolute atomic E-state index is 5.66. The number of oxazole rings is 1. The molecular weight excluding hydrogens is 194 g/mol. The molecule has 2 nitrogen and oxygen atoms in total. The van der Waals surface area contributed by atoms with Crippen LogP contribution in [0.2, 0.25) is 0 Å². The second kappa shape index (κ2) is 3.65. The fraction of sp³-hybridized carbons (Fsp3) is 0.364. The van der Waals surface area contributed by atoms with Crippen LogP contribution in [0.5, 0.6) is 0 Å². The van der Waals surface area contributed by atoms with E-state index in [1.54, 1.807) is 0 Å². The highest BCUT2D eigenvalue weighted by atomic mass is 32.2. The zero-order chi connectivity index (χ0) is 10.1. The Bertz CT molecular complexity index is 447. The fourth-order valence-electron chi connectivity index (χ4n) is 1.49. The first-order valence-electron chi connectivity index (χ1n) is 4.66. The normalized spacial score (nSPS) is 11.4. The Balaban J connectivity index is 2.66. The highest BCUT2D eigenvalue weighted by Gasteiger charge is 2.10. The first-order valence-corrected chi connectivity index (χ1v) is 5.88. The molecule has 0 bridgehead atoms. The summed E-state index contributed by atoms with van der Waals surface area (Å²) in [4.78, 5) is 4.37. The Labute approximate surface area is 87.7 Å². The number of hydrogen-bond donors (Lipinski definition) is 0. The zero-order valence-corrected chi connectivity index (χ0v) is 9.39. The number of thioether (sulfide) groups is 1. The van der Waals surface area contributed by atoms with E-state index < -0.39 is 0 Å². The lowest BCUT2D eigenvalue weighted by Crippen LogP contribution is -1.86. The van der Waals surface area contributed by atoms with Gasteiger partial charge in [0, 0.05) is 0 Å². The van der Waals surface area contributed by atoms with Crippen LogP contribution in [-0.4, -0.2) is 11.2 Å². The number of fused-ring (bicyclic) bond motifs is 1. The molecule has 14 heavy (non-hydrogen) atoms. The lowest BCUT2D eigenvalue weighted by atomic mass is 10.0. The number of rotatable bonds is 2. The van der Waals surface area contributed by atoms with Crippen molar-refractivity contribution in [2.24, 2.45) is 0 Å².